The summed E-state index contributed by atoms with van der Waals surface area (Å²) < 4.78 is 5.11. The molecule has 0 unspecified atom stereocenters. The first-order valence-corrected chi connectivity index (χ1v) is 5.37. The Morgan fingerprint density at radius 2 is 1.64 bits per heavy atom. The van der Waals surface area contributed by atoms with Gasteiger partial charge in [-0.2, -0.15) is 0 Å². The number of rotatable bonds is 1. The second-order valence-corrected chi connectivity index (χ2v) is 3.80. The number of ether oxygens (including phenoxy) is 1. The van der Waals surface area contributed by atoms with Crippen LogP contribution in [0.3, 0.4) is 0 Å². The highest BCUT2D eigenvalue weighted by Gasteiger charge is 2.12. The van der Waals surface area contributed by atoms with Crippen molar-refractivity contribution in [1.29, 1.82) is 0 Å². The average Bonchev–Trinajstić information content (AvgIpc) is 2.72. The number of benzene rings is 1. The molecule has 0 heterocycles. The van der Waals surface area contributed by atoms with Gasteiger partial charge in [0.2, 0.25) is 0 Å². The number of methoxy groups -OCH3 is 1. The summed E-state index contributed by atoms with van der Waals surface area (Å²) in [6, 6.07) is 10.3. The van der Waals surface area contributed by atoms with Gasteiger partial charge in [0.15, 0.2) is 0 Å². The minimum Gasteiger partial charge on any atom is -0.381 e. The fourth-order valence-corrected chi connectivity index (χ4v) is 1.66. The van der Waals surface area contributed by atoms with Crippen LogP contribution in [0, 0.1) is 6.92 Å². The highest BCUT2D eigenvalue weighted by molar-refractivity contribution is 5.11. The van der Waals surface area contributed by atoms with Crippen LogP contribution in [0.25, 0.3) is 0 Å². The Morgan fingerprint density at radius 1 is 1.07 bits per heavy atom. The van der Waals surface area contributed by atoms with Crippen molar-refractivity contribution in [1.82, 2.24) is 0 Å². The van der Waals surface area contributed by atoms with E-state index in [0.29, 0.717) is 6.10 Å². The van der Waals surface area contributed by atoms with Gasteiger partial charge in [-0.15, -0.1) is 0 Å². The lowest BCUT2D eigenvalue weighted by atomic mass is 10.2. The van der Waals surface area contributed by atoms with Crippen LogP contribution in [0.15, 0.2) is 30.3 Å². The van der Waals surface area contributed by atoms with Gasteiger partial charge in [-0.05, 0) is 19.8 Å². The molecule has 14 heavy (non-hydrogen) atoms. The van der Waals surface area contributed by atoms with Crippen LogP contribution >= 0.6 is 0 Å². The zero-order valence-electron chi connectivity index (χ0n) is 9.20. The molecule has 1 aliphatic rings. The Morgan fingerprint density at radius 3 is 1.93 bits per heavy atom. The van der Waals surface area contributed by atoms with E-state index < -0.39 is 0 Å². The maximum Gasteiger partial charge on any atom is 0.0571 e. The summed E-state index contributed by atoms with van der Waals surface area (Å²) in [5.41, 5.74) is 1.32. The molecule has 0 bridgehead atoms. The molecular weight excluding hydrogens is 172 g/mol. The maximum atomic E-state index is 5.11. The van der Waals surface area contributed by atoms with Crippen LogP contribution in [-0.4, -0.2) is 13.2 Å². The second kappa shape index (κ2) is 6.61. The van der Waals surface area contributed by atoms with Crippen molar-refractivity contribution in [2.75, 3.05) is 7.11 Å². The van der Waals surface area contributed by atoms with E-state index >= 15 is 0 Å². The van der Waals surface area contributed by atoms with Crippen molar-refractivity contribution in [2.45, 2.75) is 38.7 Å². The lowest BCUT2D eigenvalue weighted by molar-refractivity contribution is 0.109. The molecule has 78 valence electrons. The van der Waals surface area contributed by atoms with Gasteiger partial charge in [0.1, 0.15) is 0 Å². The number of aryl methyl sites for hydroxylation is 1. The molecular formula is C13H20O. The van der Waals surface area contributed by atoms with E-state index in [1.165, 1.54) is 31.2 Å². The highest BCUT2D eigenvalue weighted by atomic mass is 16.5. The van der Waals surface area contributed by atoms with Gasteiger partial charge in [-0.3, -0.25) is 0 Å². The Balaban J connectivity index is 0.000000140. The molecule has 0 radical (unpaired) electrons. The fraction of sp³-hybridized carbons (Fsp3) is 0.538. The summed E-state index contributed by atoms with van der Waals surface area (Å²) in [4.78, 5) is 0. The Kier molecular flexibility index (Phi) is 5.31. The van der Waals surface area contributed by atoms with Crippen molar-refractivity contribution in [3.05, 3.63) is 35.9 Å². The van der Waals surface area contributed by atoms with Gasteiger partial charge < -0.3 is 4.74 Å². The average molecular weight is 192 g/mol. The van der Waals surface area contributed by atoms with E-state index in [2.05, 4.69) is 19.1 Å². The minimum atomic E-state index is 0.597. The third kappa shape index (κ3) is 4.43. The third-order valence-electron chi connectivity index (χ3n) is 2.58. The first-order valence-electron chi connectivity index (χ1n) is 5.37. The van der Waals surface area contributed by atoms with Gasteiger partial charge in [-0.1, -0.05) is 48.7 Å². The summed E-state index contributed by atoms with van der Waals surface area (Å²) in [5.74, 6) is 0. The first kappa shape index (κ1) is 11.3. The molecule has 0 amide bonds. The van der Waals surface area contributed by atoms with E-state index in [1.807, 2.05) is 18.2 Å². The molecule has 2 rings (SSSR count). The predicted octanol–water partition coefficient (Wildman–Crippen LogP) is 3.57. The Bertz CT molecular complexity index is 224. The minimum absolute atomic E-state index is 0.597. The predicted molar refractivity (Wildman–Crippen MR) is 60.4 cm³/mol. The molecule has 0 spiro atoms. The van der Waals surface area contributed by atoms with Crippen molar-refractivity contribution in [3.63, 3.8) is 0 Å². The lowest BCUT2D eigenvalue weighted by Gasteiger charge is -2.02. The van der Waals surface area contributed by atoms with Crippen LogP contribution in [0.4, 0.5) is 0 Å². The van der Waals surface area contributed by atoms with Crippen LogP contribution in [0.5, 0.6) is 0 Å². The molecule has 1 saturated carbocycles. The smallest absolute Gasteiger partial charge is 0.0571 e. The zero-order valence-corrected chi connectivity index (χ0v) is 9.20. The summed E-state index contributed by atoms with van der Waals surface area (Å²) in [6.07, 6.45) is 5.92. The van der Waals surface area contributed by atoms with Crippen LogP contribution in [0.2, 0.25) is 0 Å². The Labute approximate surface area is 87.1 Å². The summed E-state index contributed by atoms with van der Waals surface area (Å²) >= 11 is 0. The van der Waals surface area contributed by atoms with E-state index in [-0.39, 0.29) is 0 Å². The van der Waals surface area contributed by atoms with Crippen molar-refractivity contribution in [3.8, 4) is 0 Å². The van der Waals surface area contributed by atoms with Gasteiger partial charge in [0, 0.05) is 7.11 Å². The first-order chi connectivity index (χ1) is 6.83. The topological polar surface area (TPSA) is 9.23 Å². The SMILES string of the molecule is COC1CCCC1.Cc1ccccc1. The normalized spacial score (nSPS) is 16.1. The van der Waals surface area contributed by atoms with Crippen molar-refractivity contribution < 1.29 is 4.74 Å². The van der Waals surface area contributed by atoms with E-state index in [1.54, 1.807) is 7.11 Å². The molecule has 0 aromatic heterocycles. The van der Waals surface area contributed by atoms with E-state index in [4.69, 9.17) is 4.74 Å². The molecule has 1 aromatic carbocycles. The van der Waals surface area contributed by atoms with Crippen molar-refractivity contribution >= 4 is 0 Å². The van der Waals surface area contributed by atoms with Crippen LogP contribution in [0.1, 0.15) is 31.2 Å². The molecule has 1 nitrogen and oxygen atoms in total. The van der Waals surface area contributed by atoms with Gasteiger partial charge in [-0.25, -0.2) is 0 Å². The summed E-state index contributed by atoms with van der Waals surface area (Å²) in [6.45, 7) is 2.08. The van der Waals surface area contributed by atoms with E-state index in [9.17, 15) is 0 Å². The summed E-state index contributed by atoms with van der Waals surface area (Å²) in [5, 5.41) is 0. The lowest BCUT2D eigenvalue weighted by Crippen LogP contribution is -2.01. The molecule has 1 heteroatoms. The largest absolute Gasteiger partial charge is 0.381 e. The summed E-state index contributed by atoms with van der Waals surface area (Å²) in [7, 11) is 1.80. The number of hydrogen-bond donors (Lipinski definition) is 0. The molecule has 1 aliphatic carbocycles. The fourth-order valence-electron chi connectivity index (χ4n) is 1.66. The van der Waals surface area contributed by atoms with Crippen molar-refractivity contribution in [2.24, 2.45) is 0 Å². The van der Waals surface area contributed by atoms with Crippen LogP contribution < -0.4 is 0 Å². The molecule has 0 saturated heterocycles. The molecule has 0 atom stereocenters. The monoisotopic (exact) mass is 192 g/mol. The number of hydrogen-bond acceptors (Lipinski definition) is 1. The molecule has 0 aliphatic heterocycles. The Hall–Kier alpha value is -0.820. The van der Waals surface area contributed by atoms with Gasteiger partial charge in [0.25, 0.3) is 0 Å². The maximum absolute atomic E-state index is 5.11. The highest BCUT2D eigenvalue weighted by Crippen LogP contribution is 2.19. The zero-order chi connectivity index (χ0) is 10.2. The standard InChI is InChI=1S/C7H8.C6H12O/c1-7-5-3-2-4-6-7;1-7-6-4-2-3-5-6/h2-6H,1H3;6H,2-5H2,1H3. The molecule has 1 fully saturated rings. The quantitative estimate of drug-likeness (QED) is 0.661. The van der Waals surface area contributed by atoms with Gasteiger partial charge >= 0.3 is 0 Å². The third-order valence-corrected chi connectivity index (χ3v) is 2.58. The molecule has 1 aromatic rings. The van der Waals surface area contributed by atoms with E-state index in [0.717, 1.165) is 0 Å². The second-order valence-electron chi connectivity index (χ2n) is 3.80. The van der Waals surface area contributed by atoms with Gasteiger partial charge in [0.05, 0.1) is 6.10 Å². The van der Waals surface area contributed by atoms with Crippen LogP contribution in [-0.2, 0) is 4.74 Å². The molecule has 0 N–H and O–H groups in total.